The van der Waals surface area contributed by atoms with E-state index < -0.39 is 30.1 Å². The fourth-order valence-corrected chi connectivity index (χ4v) is 6.02. The molecule has 1 aliphatic heterocycles. The Labute approximate surface area is 201 Å². The summed E-state index contributed by atoms with van der Waals surface area (Å²) in [4.78, 5) is 50.0. The summed E-state index contributed by atoms with van der Waals surface area (Å²) in [5.74, 6) is 0.186. The second-order valence-electron chi connectivity index (χ2n) is 10.8. The van der Waals surface area contributed by atoms with Crippen LogP contribution in [0.1, 0.15) is 83.5 Å². The molecule has 1 saturated heterocycles. The first-order valence-corrected chi connectivity index (χ1v) is 13.1. The summed E-state index contributed by atoms with van der Waals surface area (Å²) in [5, 5.41) is 11.8. The SMILES string of the molecule is NC(=O)[C@@H]1CCCN1C(=O)[C@H](CCCCCCC[C@@H]1C[C@@H]1C(=O)O)NC(=O)OC1CC2C[C@H]2C1. The van der Waals surface area contributed by atoms with Gasteiger partial charge in [0.25, 0.3) is 0 Å². The maximum atomic E-state index is 13.2. The Balaban J connectivity index is 1.20. The predicted molar refractivity (Wildman–Crippen MR) is 124 cm³/mol. The van der Waals surface area contributed by atoms with Crippen LogP contribution in [-0.2, 0) is 19.1 Å². The molecule has 9 nitrogen and oxygen atoms in total. The van der Waals surface area contributed by atoms with Gasteiger partial charge in [-0.1, -0.05) is 32.1 Å². The molecule has 4 rings (SSSR count). The Morgan fingerprint density at radius 3 is 2.38 bits per heavy atom. The van der Waals surface area contributed by atoms with Crippen molar-refractivity contribution >= 4 is 23.9 Å². The van der Waals surface area contributed by atoms with E-state index in [1.54, 1.807) is 0 Å². The number of hydrogen-bond acceptors (Lipinski definition) is 5. The Morgan fingerprint density at radius 2 is 1.71 bits per heavy atom. The number of fused-ring (bicyclic) bond motifs is 1. The van der Waals surface area contributed by atoms with E-state index >= 15 is 0 Å². The van der Waals surface area contributed by atoms with Crippen LogP contribution in [0.25, 0.3) is 0 Å². The molecule has 0 bridgehead atoms. The highest BCUT2D eigenvalue weighted by Crippen LogP contribution is 2.52. The standard InChI is InChI=1S/C25H39N3O6/c26-22(29)21-9-6-10-28(21)23(30)20(27-25(33)34-18-12-16-11-17(16)13-18)8-5-3-1-2-4-7-15-14-19(15)24(31)32/h15-21H,1-14H2,(H2,26,29)(H,27,33)(H,31,32)/t15-,16+,17?,18?,19+,20+,21+/m1/s1. The highest BCUT2D eigenvalue weighted by molar-refractivity contribution is 5.91. The number of carboxylic acids is 1. The van der Waals surface area contributed by atoms with Crippen LogP contribution in [0.2, 0.25) is 0 Å². The number of aliphatic carboxylic acids is 1. The number of carbonyl (C=O) groups excluding carboxylic acids is 3. The molecule has 34 heavy (non-hydrogen) atoms. The Hall–Kier alpha value is -2.32. The molecule has 0 aromatic carbocycles. The number of amides is 3. The number of nitrogens with two attached hydrogens (primary N) is 1. The van der Waals surface area contributed by atoms with Gasteiger partial charge in [0.1, 0.15) is 18.2 Å². The molecule has 0 aromatic heterocycles. The number of nitrogens with zero attached hydrogens (tertiary/aromatic N) is 1. The van der Waals surface area contributed by atoms with Gasteiger partial charge in [0.15, 0.2) is 0 Å². The second-order valence-corrected chi connectivity index (χ2v) is 10.8. The van der Waals surface area contributed by atoms with Crippen molar-refractivity contribution in [2.24, 2.45) is 29.4 Å². The largest absolute Gasteiger partial charge is 0.481 e. The molecule has 2 unspecified atom stereocenters. The Morgan fingerprint density at radius 1 is 1.00 bits per heavy atom. The van der Waals surface area contributed by atoms with Gasteiger partial charge in [-0.25, -0.2) is 4.79 Å². The minimum atomic E-state index is -0.717. The number of alkyl carbamates (subject to hydrolysis) is 1. The average molecular weight is 478 g/mol. The highest BCUT2D eigenvalue weighted by Gasteiger charge is 2.47. The quantitative estimate of drug-likeness (QED) is 0.349. The van der Waals surface area contributed by atoms with Crippen LogP contribution in [0.4, 0.5) is 4.79 Å². The molecule has 3 aliphatic carbocycles. The Bertz CT molecular complexity index is 779. The number of primary amides is 1. The number of rotatable bonds is 13. The van der Waals surface area contributed by atoms with Crippen molar-refractivity contribution < 1.29 is 29.0 Å². The van der Waals surface area contributed by atoms with Gasteiger partial charge in [0.2, 0.25) is 11.8 Å². The van der Waals surface area contributed by atoms with E-state index in [2.05, 4.69) is 5.32 Å². The van der Waals surface area contributed by atoms with Crippen LogP contribution >= 0.6 is 0 Å². The highest BCUT2D eigenvalue weighted by atomic mass is 16.6. The van der Waals surface area contributed by atoms with Gasteiger partial charge in [-0.2, -0.15) is 0 Å². The van der Waals surface area contributed by atoms with Crippen LogP contribution in [0.15, 0.2) is 0 Å². The maximum absolute atomic E-state index is 13.2. The van der Waals surface area contributed by atoms with Crippen molar-refractivity contribution in [2.75, 3.05) is 6.54 Å². The molecular weight excluding hydrogens is 438 g/mol. The van der Waals surface area contributed by atoms with Crippen molar-refractivity contribution in [3.05, 3.63) is 0 Å². The molecule has 4 fully saturated rings. The summed E-state index contributed by atoms with van der Waals surface area (Å²) < 4.78 is 5.59. The number of carboxylic acid groups (broad SMARTS) is 1. The van der Waals surface area contributed by atoms with Gasteiger partial charge >= 0.3 is 12.1 Å². The first-order valence-electron chi connectivity index (χ1n) is 13.1. The van der Waals surface area contributed by atoms with Crippen LogP contribution in [0, 0.1) is 23.7 Å². The van der Waals surface area contributed by atoms with E-state index in [-0.39, 0.29) is 17.9 Å². The lowest BCUT2D eigenvalue weighted by Crippen LogP contribution is -2.53. The molecule has 4 aliphatic rings. The summed E-state index contributed by atoms with van der Waals surface area (Å²) in [6.07, 6.45) is 10.8. The minimum Gasteiger partial charge on any atom is -0.481 e. The van der Waals surface area contributed by atoms with Crippen LogP contribution < -0.4 is 11.1 Å². The number of carbonyl (C=O) groups is 4. The van der Waals surface area contributed by atoms with Gasteiger partial charge in [-0.15, -0.1) is 0 Å². The van der Waals surface area contributed by atoms with Gasteiger partial charge in [-0.05, 0) is 69.1 Å². The van der Waals surface area contributed by atoms with E-state index in [0.29, 0.717) is 37.1 Å². The molecule has 0 radical (unpaired) electrons. The lowest BCUT2D eigenvalue weighted by molar-refractivity contribution is -0.139. The van der Waals surface area contributed by atoms with Crippen LogP contribution in [0.3, 0.4) is 0 Å². The molecule has 190 valence electrons. The fourth-order valence-electron chi connectivity index (χ4n) is 6.02. The van der Waals surface area contributed by atoms with E-state index in [9.17, 15) is 19.2 Å². The summed E-state index contributed by atoms with van der Waals surface area (Å²) in [6.45, 7) is 0.476. The zero-order valence-electron chi connectivity index (χ0n) is 20.0. The molecule has 3 saturated carbocycles. The van der Waals surface area contributed by atoms with Crippen LogP contribution in [-0.4, -0.2) is 58.6 Å². The topological polar surface area (TPSA) is 139 Å². The molecule has 7 atom stereocenters. The number of ether oxygens (including phenoxy) is 1. The summed E-state index contributed by atoms with van der Waals surface area (Å²) >= 11 is 0. The van der Waals surface area contributed by atoms with Gasteiger partial charge in [0.05, 0.1) is 5.92 Å². The van der Waals surface area contributed by atoms with Crippen molar-refractivity contribution in [1.82, 2.24) is 10.2 Å². The normalized spacial score (nSPS) is 32.1. The molecule has 0 spiro atoms. The maximum Gasteiger partial charge on any atom is 0.408 e. The average Bonchev–Trinajstić information content (AvgIpc) is 3.62. The number of hydrogen-bond donors (Lipinski definition) is 3. The van der Waals surface area contributed by atoms with Crippen molar-refractivity contribution in [3.8, 4) is 0 Å². The first-order chi connectivity index (χ1) is 16.3. The molecule has 3 amide bonds. The monoisotopic (exact) mass is 477 g/mol. The lowest BCUT2D eigenvalue weighted by atomic mass is 10.0. The predicted octanol–water partition coefficient (Wildman–Crippen LogP) is 2.81. The lowest BCUT2D eigenvalue weighted by Gasteiger charge is -2.28. The second kappa shape index (κ2) is 11.0. The summed E-state index contributed by atoms with van der Waals surface area (Å²) in [7, 11) is 0. The number of nitrogens with one attached hydrogen (secondary N) is 1. The fraction of sp³-hybridized carbons (Fsp3) is 0.840. The zero-order chi connectivity index (χ0) is 24.2. The Kier molecular flexibility index (Phi) is 7.99. The minimum absolute atomic E-state index is 0.0585. The van der Waals surface area contributed by atoms with Gasteiger partial charge < -0.3 is 25.8 Å². The first kappa shape index (κ1) is 24.8. The van der Waals surface area contributed by atoms with Crippen molar-refractivity contribution in [1.29, 1.82) is 0 Å². The van der Waals surface area contributed by atoms with E-state index in [4.69, 9.17) is 15.6 Å². The van der Waals surface area contributed by atoms with Gasteiger partial charge in [-0.3, -0.25) is 14.4 Å². The number of likely N-dealkylation sites (tertiary alicyclic amines) is 1. The molecule has 4 N–H and O–H groups in total. The number of unbranched alkanes of at least 4 members (excludes halogenated alkanes) is 4. The summed E-state index contributed by atoms with van der Waals surface area (Å²) in [5.41, 5.74) is 5.49. The molecular formula is C25H39N3O6. The summed E-state index contributed by atoms with van der Waals surface area (Å²) in [6, 6.07) is -1.32. The third-order valence-corrected chi connectivity index (χ3v) is 8.24. The third kappa shape index (κ3) is 6.42. The molecule has 1 heterocycles. The van der Waals surface area contributed by atoms with E-state index in [1.807, 2.05) is 0 Å². The van der Waals surface area contributed by atoms with Crippen molar-refractivity contribution in [2.45, 2.75) is 102 Å². The van der Waals surface area contributed by atoms with E-state index in [1.165, 1.54) is 11.3 Å². The van der Waals surface area contributed by atoms with Gasteiger partial charge in [0, 0.05) is 6.54 Å². The van der Waals surface area contributed by atoms with E-state index in [0.717, 1.165) is 64.2 Å². The van der Waals surface area contributed by atoms with Crippen LogP contribution in [0.5, 0.6) is 0 Å². The molecule has 9 heteroatoms. The zero-order valence-corrected chi connectivity index (χ0v) is 20.0. The smallest absolute Gasteiger partial charge is 0.408 e. The molecule has 0 aromatic rings. The van der Waals surface area contributed by atoms with Crippen molar-refractivity contribution in [3.63, 3.8) is 0 Å². The third-order valence-electron chi connectivity index (χ3n) is 8.24.